The van der Waals surface area contributed by atoms with E-state index in [1.165, 1.54) is 23.1 Å². The number of rotatable bonds is 7. The molecule has 0 saturated carbocycles. The Balaban J connectivity index is 1.61. The maximum Gasteiger partial charge on any atom is 0.263 e. The van der Waals surface area contributed by atoms with Crippen molar-refractivity contribution in [3.05, 3.63) is 45.9 Å². The normalized spacial score (nSPS) is 16.8. The fourth-order valence-corrected chi connectivity index (χ4v) is 6.14. The number of morpholine rings is 1. The average molecular weight is 462 g/mol. The maximum atomic E-state index is 13.3. The van der Waals surface area contributed by atoms with Crippen LogP contribution in [0.4, 0.5) is 0 Å². The molecule has 4 heterocycles. The van der Waals surface area contributed by atoms with Gasteiger partial charge in [-0.15, -0.1) is 29.3 Å². The number of nitrogens with zero attached hydrogens (tertiary/aromatic N) is 3. The van der Waals surface area contributed by atoms with Crippen LogP contribution < -0.4 is 5.56 Å². The quantitative estimate of drug-likeness (QED) is 0.301. The van der Waals surface area contributed by atoms with Gasteiger partial charge >= 0.3 is 0 Å². The minimum Gasteiger partial charge on any atom is -0.375 e. The Hall–Kier alpha value is -1.94. The summed E-state index contributed by atoms with van der Waals surface area (Å²) < 4.78 is 7.27. The minimum atomic E-state index is -0.0862. The zero-order chi connectivity index (χ0) is 21.1. The van der Waals surface area contributed by atoms with Crippen molar-refractivity contribution in [2.45, 2.75) is 31.1 Å². The van der Waals surface area contributed by atoms with Crippen molar-refractivity contribution in [3.63, 3.8) is 0 Å². The van der Waals surface area contributed by atoms with Gasteiger partial charge in [0.05, 0.1) is 23.8 Å². The number of hydrogen-bond acceptors (Lipinski definition) is 7. The Kier molecular flexibility index (Phi) is 6.72. The molecule has 1 atom stereocenters. The Morgan fingerprint density at radius 1 is 1.47 bits per heavy atom. The van der Waals surface area contributed by atoms with Gasteiger partial charge < -0.3 is 9.64 Å². The zero-order valence-corrected chi connectivity index (χ0v) is 19.2. The number of allylic oxidation sites excluding steroid dienone is 1. The largest absolute Gasteiger partial charge is 0.375 e. The van der Waals surface area contributed by atoms with Crippen LogP contribution in [-0.4, -0.2) is 51.9 Å². The van der Waals surface area contributed by atoms with E-state index in [1.807, 2.05) is 27.8 Å². The number of fused-ring (bicyclic) bond motifs is 1. The standard InChI is InChI=1S/C21H23N3O3S3/c1-3-7-24-20(26)18-15(16-6-5-10-28-16)12-29-19(18)22-21(24)30-13-17(25)23-8-9-27-14(4-2)11-23/h3,5-6,10,12,14H,1,4,7-9,11,13H2,2H3. The molecule has 9 heteroatoms. The third-order valence-electron chi connectivity index (χ3n) is 5.03. The van der Waals surface area contributed by atoms with Gasteiger partial charge in [0.15, 0.2) is 5.16 Å². The summed E-state index contributed by atoms with van der Waals surface area (Å²) in [5.41, 5.74) is 0.837. The smallest absolute Gasteiger partial charge is 0.263 e. The fraction of sp³-hybridized carbons (Fsp3) is 0.381. The SMILES string of the molecule is C=CCn1c(SCC(=O)N2CCOC(CC)C2)nc2scc(-c3cccs3)c2c1=O. The van der Waals surface area contributed by atoms with E-state index in [-0.39, 0.29) is 23.3 Å². The van der Waals surface area contributed by atoms with Crippen molar-refractivity contribution in [3.8, 4) is 10.4 Å². The first-order valence-electron chi connectivity index (χ1n) is 9.81. The van der Waals surface area contributed by atoms with Gasteiger partial charge in [0.25, 0.3) is 5.56 Å². The highest BCUT2D eigenvalue weighted by Crippen LogP contribution is 2.34. The van der Waals surface area contributed by atoms with Gasteiger partial charge in [-0.05, 0) is 17.9 Å². The number of carbonyl (C=O) groups is 1. The van der Waals surface area contributed by atoms with Crippen molar-refractivity contribution < 1.29 is 9.53 Å². The molecule has 0 bridgehead atoms. The summed E-state index contributed by atoms with van der Waals surface area (Å²) in [6.45, 7) is 8.00. The summed E-state index contributed by atoms with van der Waals surface area (Å²) >= 11 is 4.38. The number of carbonyl (C=O) groups excluding carboxylic acids is 1. The summed E-state index contributed by atoms with van der Waals surface area (Å²) in [7, 11) is 0. The second-order valence-electron chi connectivity index (χ2n) is 6.94. The van der Waals surface area contributed by atoms with Crippen molar-refractivity contribution in [2.75, 3.05) is 25.4 Å². The van der Waals surface area contributed by atoms with Crippen LogP contribution in [0.15, 0.2) is 45.5 Å². The third-order valence-corrected chi connectivity index (χ3v) is 7.77. The van der Waals surface area contributed by atoms with Crippen molar-refractivity contribution in [2.24, 2.45) is 0 Å². The van der Waals surface area contributed by atoms with Crippen LogP contribution in [0.25, 0.3) is 20.7 Å². The van der Waals surface area contributed by atoms with E-state index in [1.54, 1.807) is 22.0 Å². The molecule has 0 radical (unpaired) electrons. The monoisotopic (exact) mass is 461 g/mol. The first kappa shape index (κ1) is 21.3. The molecule has 0 N–H and O–H groups in total. The van der Waals surface area contributed by atoms with Gasteiger partial charge in [0, 0.05) is 35.5 Å². The number of ether oxygens (including phenoxy) is 1. The summed E-state index contributed by atoms with van der Waals surface area (Å²) in [4.78, 5) is 34.4. The summed E-state index contributed by atoms with van der Waals surface area (Å²) in [5.74, 6) is 0.293. The number of thioether (sulfide) groups is 1. The van der Waals surface area contributed by atoms with Gasteiger partial charge in [0.1, 0.15) is 4.83 Å². The van der Waals surface area contributed by atoms with Gasteiger partial charge in [-0.25, -0.2) is 4.98 Å². The number of amides is 1. The van der Waals surface area contributed by atoms with E-state index < -0.39 is 0 Å². The number of aromatic nitrogens is 2. The van der Waals surface area contributed by atoms with Crippen LogP contribution in [-0.2, 0) is 16.1 Å². The van der Waals surface area contributed by atoms with E-state index >= 15 is 0 Å². The molecule has 1 saturated heterocycles. The molecule has 0 aliphatic carbocycles. The fourth-order valence-electron chi connectivity index (χ4n) is 3.43. The highest BCUT2D eigenvalue weighted by molar-refractivity contribution is 7.99. The van der Waals surface area contributed by atoms with E-state index in [0.717, 1.165) is 16.9 Å². The Morgan fingerprint density at radius 2 is 2.33 bits per heavy atom. The van der Waals surface area contributed by atoms with Gasteiger partial charge in [-0.1, -0.05) is 30.8 Å². The van der Waals surface area contributed by atoms with Crippen LogP contribution in [0, 0.1) is 0 Å². The first-order valence-corrected chi connectivity index (χ1v) is 12.6. The lowest BCUT2D eigenvalue weighted by atomic mass is 10.2. The lowest BCUT2D eigenvalue weighted by molar-refractivity contribution is -0.135. The molecule has 6 nitrogen and oxygen atoms in total. The van der Waals surface area contributed by atoms with Gasteiger partial charge in [-0.2, -0.15) is 0 Å². The molecule has 3 aromatic heterocycles. The maximum absolute atomic E-state index is 13.3. The highest BCUT2D eigenvalue weighted by Gasteiger charge is 2.24. The second kappa shape index (κ2) is 9.47. The van der Waals surface area contributed by atoms with Crippen LogP contribution in [0.2, 0.25) is 0 Å². The number of thiophene rings is 2. The van der Waals surface area contributed by atoms with Crippen molar-refractivity contribution in [1.82, 2.24) is 14.5 Å². The average Bonchev–Trinajstić information content (AvgIpc) is 3.44. The molecule has 30 heavy (non-hydrogen) atoms. The van der Waals surface area contributed by atoms with Crippen molar-refractivity contribution >= 4 is 50.6 Å². The van der Waals surface area contributed by atoms with Gasteiger partial charge in [0.2, 0.25) is 5.91 Å². The van der Waals surface area contributed by atoms with Crippen LogP contribution in [0.3, 0.4) is 0 Å². The minimum absolute atomic E-state index is 0.0479. The molecule has 1 fully saturated rings. The highest BCUT2D eigenvalue weighted by atomic mass is 32.2. The van der Waals surface area contributed by atoms with Crippen LogP contribution >= 0.6 is 34.4 Å². The zero-order valence-electron chi connectivity index (χ0n) is 16.7. The summed E-state index contributed by atoms with van der Waals surface area (Å²) in [5, 5.41) is 5.18. The van der Waals surface area contributed by atoms with Crippen molar-refractivity contribution in [1.29, 1.82) is 0 Å². The van der Waals surface area contributed by atoms with Crippen LogP contribution in [0.1, 0.15) is 13.3 Å². The Bertz CT molecular complexity index is 1100. The molecule has 0 spiro atoms. The van der Waals surface area contributed by atoms with Crippen LogP contribution in [0.5, 0.6) is 0 Å². The summed E-state index contributed by atoms with van der Waals surface area (Å²) in [6, 6.07) is 3.99. The lowest BCUT2D eigenvalue weighted by Crippen LogP contribution is -2.46. The molecule has 4 rings (SSSR count). The topological polar surface area (TPSA) is 64.4 Å². The molecule has 158 valence electrons. The Morgan fingerprint density at radius 3 is 3.07 bits per heavy atom. The second-order valence-corrected chi connectivity index (χ2v) is 9.68. The molecule has 1 amide bonds. The van der Waals surface area contributed by atoms with E-state index in [4.69, 9.17) is 9.72 Å². The molecule has 3 aromatic rings. The van der Waals surface area contributed by atoms with Gasteiger partial charge in [-0.3, -0.25) is 14.2 Å². The molecular formula is C21H23N3O3S3. The Labute approximate surface area is 187 Å². The predicted molar refractivity (Wildman–Crippen MR) is 125 cm³/mol. The molecule has 1 aliphatic rings. The third kappa shape index (κ3) is 4.25. The lowest BCUT2D eigenvalue weighted by Gasteiger charge is -2.32. The van der Waals surface area contributed by atoms with E-state index in [2.05, 4.69) is 13.5 Å². The molecular weight excluding hydrogens is 438 g/mol. The van der Waals surface area contributed by atoms with E-state index in [9.17, 15) is 9.59 Å². The number of hydrogen-bond donors (Lipinski definition) is 0. The first-order chi connectivity index (χ1) is 14.6. The van der Waals surface area contributed by atoms with E-state index in [0.29, 0.717) is 41.6 Å². The molecule has 0 aromatic carbocycles. The molecule has 1 unspecified atom stereocenters. The summed E-state index contributed by atoms with van der Waals surface area (Å²) in [6.07, 6.45) is 2.67. The molecule has 1 aliphatic heterocycles. The predicted octanol–water partition coefficient (Wildman–Crippen LogP) is 4.10.